The van der Waals surface area contributed by atoms with Crippen molar-refractivity contribution in [1.29, 1.82) is 0 Å². The first kappa shape index (κ1) is 26.3. The first-order chi connectivity index (χ1) is 17.8. The Balaban J connectivity index is 1.52. The Kier molecular flexibility index (Phi) is 8.48. The summed E-state index contributed by atoms with van der Waals surface area (Å²) in [5.41, 5.74) is 3.88. The quantitative estimate of drug-likeness (QED) is 0.298. The summed E-state index contributed by atoms with van der Waals surface area (Å²) in [4.78, 5) is 37.2. The number of esters is 2. The van der Waals surface area contributed by atoms with E-state index in [1.807, 2.05) is 30.3 Å². The maximum absolute atomic E-state index is 12.9. The zero-order valence-corrected chi connectivity index (χ0v) is 21.4. The first-order valence-corrected chi connectivity index (χ1v) is 12.2. The third-order valence-corrected chi connectivity index (χ3v) is 6.26. The van der Waals surface area contributed by atoms with Crippen molar-refractivity contribution in [3.63, 3.8) is 0 Å². The van der Waals surface area contributed by atoms with Crippen molar-refractivity contribution < 1.29 is 23.9 Å². The van der Waals surface area contributed by atoms with Gasteiger partial charge in [0.1, 0.15) is 12.6 Å². The van der Waals surface area contributed by atoms with E-state index in [0.29, 0.717) is 32.6 Å². The number of carbonyl (C=O) groups is 3. The van der Waals surface area contributed by atoms with Crippen LogP contribution in [0.25, 0.3) is 5.57 Å². The molecule has 1 unspecified atom stereocenters. The van der Waals surface area contributed by atoms with Crippen molar-refractivity contribution in [3.05, 3.63) is 99.5 Å². The van der Waals surface area contributed by atoms with Gasteiger partial charge in [-0.1, -0.05) is 65.7 Å². The van der Waals surface area contributed by atoms with Gasteiger partial charge in [-0.2, -0.15) is 0 Å². The molecule has 0 saturated carbocycles. The second-order valence-corrected chi connectivity index (χ2v) is 9.26. The Morgan fingerprint density at radius 2 is 1.76 bits per heavy atom. The molecule has 0 saturated heterocycles. The average Bonchev–Trinajstić information content (AvgIpc) is 2.88. The van der Waals surface area contributed by atoms with E-state index in [1.54, 1.807) is 36.4 Å². The molecule has 3 aromatic rings. The Bertz CT molecular complexity index is 1340. The van der Waals surface area contributed by atoms with Gasteiger partial charge in [-0.05, 0) is 41.0 Å². The van der Waals surface area contributed by atoms with E-state index in [-0.39, 0.29) is 25.4 Å². The summed E-state index contributed by atoms with van der Waals surface area (Å²) in [5.74, 6) is -1.20. The van der Waals surface area contributed by atoms with Crippen LogP contribution < -0.4 is 10.6 Å². The highest BCUT2D eigenvalue weighted by Gasteiger charge is 2.30. The van der Waals surface area contributed by atoms with Crippen LogP contribution >= 0.6 is 23.2 Å². The van der Waals surface area contributed by atoms with Crippen LogP contribution in [0.4, 0.5) is 11.4 Å². The molecule has 0 fully saturated rings. The fourth-order valence-corrected chi connectivity index (χ4v) is 4.57. The lowest BCUT2D eigenvalue weighted by molar-refractivity contribution is -0.146. The van der Waals surface area contributed by atoms with E-state index in [2.05, 4.69) is 15.4 Å². The maximum atomic E-state index is 12.9. The molecule has 0 spiro atoms. The van der Waals surface area contributed by atoms with Gasteiger partial charge in [-0.15, -0.1) is 0 Å². The zero-order chi connectivity index (χ0) is 26.4. The van der Waals surface area contributed by atoms with Crippen LogP contribution in [-0.2, 0) is 36.9 Å². The molecular formula is C28H24Cl2N2O5. The summed E-state index contributed by atoms with van der Waals surface area (Å²) in [5, 5.41) is 6.69. The first-order valence-electron chi connectivity index (χ1n) is 11.5. The largest absolute Gasteiger partial charge is 0.469 e. The number of benzene rings is 3. The lowest BCUT2D eigenvalue weighted by Gasteiger charge is -2.28. The molecule has 190 valence electrons. The molecule has 0 radical (unpaired) electrons. The Morgan fingerprint density at radius 1 is 1.03 bits per heavy atom. The molecule has 1 heterocycles. The molecule has 0 bridgehead atoms. The lowest BCUT2D eigenvalue weighted by Crippen LogP contribution is -2.35. The smallest absolute Gasteiger partial charge is 0.329 e. The summed E-state index contributed by atoms with van der Waals surface area (Å²) in [7, 11) is 1.33. The summed E-state index contributed by atoms with van der Waals surface area (Å²) < 4.78 is 10.2. The Labute approximate surface area is 224 Å². The van der Waals surface area contributed by atoms with Gasteiger partial charge in [0.25, 0.3) is 0 Å². The van der Waals surface area contributed by atoms with Crippen LogP contribution in [0.5, 0.6) is 0 Å². The fourth-order valence-electron chi connectivity index (χ4n) is 3.96. The Morgan fingerprint density at radius 3 is 2.46 bits per heavy atom. The summed E-state index contributed by atoms with van der Waals surface area (Å²) in [6.07, 6.45) is 1.74. The second kappa shape index (κ2) is 12.0. The monoisotopic (exact) mass is 538 g/mol. The molecule has 37 heavy (non-hydrogen) atoms. The van der Waals surface area contributed by atoms with E-state index in [1.165, 1.54) is 13.2 Å². The molecule has 9 heteroatoms. The third-order valence-electron chi connectivity index (χ3n) is 5.74. The van der Waals surface area contributed by atoms with Gasteiger partial charge in [-0.3, -0.25) is 9.59 Å². The minimum absolute atomic E-state index is 0.131. The molecule has 1 aliphatic heterocycles. The number of fused-ring (bicyclic) bond motifs is 1. The van der Waals surface area contributed by atoms with Crippen LogP contribution in [0.3, 0.4) is 0 Å². The molecule has 3 aromatic carbocycles. The normalized spacial score (nSPS) is 15.3. The fraction of sp³-hybridized carbons (Fsp3) is 0.179. The number of amides is 1. The van der Waals surface area contributed by atoms with E-state index in [0.717, 1.165) is 11.1 Å². The van der Waals surface area contributed by atoms with Crippen LogP contribution in [-0.4, -0.2) is 31.0 Å². The van der Waals surface area contributed by atoms with Crippen molar-refractivity contribution in [3.8, 4) is 0 Å². The van der Waals surface area contributed by atoms with Crippen molar-refractivity contribution in [2.75, 3.05) is 17.7 Å². The van der Waals surface area contributed by atoms with Gasteiger partial charge in [-0.25, -0.2) is 4.79 Å². The number of nitrogens with one attached hydrogen (secondary N) is 2. The molecule has 7 nitrogen and oxygen atoms in total. The lowest BCUT2D eigenvalue weighted by atomic mass is 9.91. The molecule has 4 rings (SSSR count). The van der Waals surface area contributed by atoms with Gasteiger partial charge in [0.15, 0.2) is 0 Å². The maximum Gasteiger partial charge on any atom is 0.329 e. The van der Waals surface area contributed by atoms with Gasteiger partial charge >= 0.3 is 11.9 Å². The molecule has 1 atom stereocenters. The van der Waals surface area contributed by atoms with Crippen LogP contribution in [0.2, 0.25) is 10.0 Å². The highest BCUT2D eigenvalue weighted by molar-refractivity contribution is 6.36. The number of ether oxygens (including phenoxy) is 2. The summed E-state index contributed by atoms with van der Waals surface area (Å²) >= 11 is 12.7. The molecular weight excluding hydrogens is 515 g/mol. The number of methoxy groups -OCH3 is 1. The number of anilines is 2. The van der Waals surface area contributed by atoms with E-state index >= 15 is 0 Å². The minimum atomic E-state index is -0.734. The highest BCUT2D eigenvalue weighted by atomic mass is 35.5. The highest BCUT2D eigenvalue weighted by Crippen LogP contribution is 2.40. The Hall–Kier alpha value is -3.81. The zero-order valence-electron chi connectivity index (χ0n) is 19.9. The molecule has 1 aliphatic rings. The van der Waals surface area contributed by atoms with E-state index in [4.69, 9.17) is 27.9 Å². The van der Waals surface area contributed by atoms with E-state index < -0.39 is 17.9 Å². The number of hydrogen-bond acceptors (Lipinski definition) is 6. The molecule has 2 N–H and O–H groups in total. The van der Waals surface area contributed by atoms with Crippen LogP contribution in [0, 0.1) is 0 Å². The van der Waals surface area contributed by atoms with Crippen LogP contribution in [0.15, 0.2) is 72.8 Å². The van der Waals surface area contributed by atoms with E-state index in [9.17, 15) is 14.4 Å². The standard InChI is InChI=1S/C28H24Cl2N2O5/c1-36-26(34)11-17-7-9-21(10-8-17)31-25(33)13-19-12-24(28(35)37-16-18-5-3-2-4-6-18)32-23-15-20(29)14-22(30)27(19)23/h2-10,13-15,24,32H,11-12,16H2,1H3,(H,31,33)/b19-13+. The summed E-state index contributed by atoms with van der Waals surface area (Å²) in [6.45, 7) is 0.131. The van der Waals surface area contributed by atoms with Crippen molar-refractivity contribution >= 4 is 58.0 Å². The topological polar surface area (TPSA) is 93.7 Å². The minimum Gasteiger partial charge on any atom is -0.469 e. The molecule has 0 aliphatic carbocycles. The number of carbonyl (C=O) groups excluding carboxylic acids is 3. The second-order valence-electron chi connectivity index (χ2n) is 8.41. The van der Waals surface area contributed by atoms with Crippen molar-refractivity contribution in [2.45, 2.75) is 25.5 Å². The van der Waals surface area contributed by atoms with Crippen LogP contribution in [0.1, 0.15) is 23.1 Å². The number of halogens is 2. The number of rotatable bonds is 7. The molecule has 0 aromatic heterocycles. The third kappa shape index (κ3) is 6.90. The van der Waals surface area contributed by atoms with Gasteiger partial charge in [0, 0.05) is 34.5 Å². The van der Waals surface area contributed by atoms with Crippen molar-refractivity contribution in [2.24, 2.45) is 0 Å². The predicted octanol–water partition coefficient (Wildman–Crippen LogP) is 5.66. The number of hydrogen-bond donors (Lipinski definition) is 2. The SMILES string of the molecule is COC(=O)Cc1ccc(NC(=O)/C=C2\CC(C(=O)OCc3ccccc3)Nc3cc(Cl)cc(Cl)c32)cc1. The van der Waals surface area contributed by atoms with Gasteiger partial charge in [0.05, 0.1) is 18.6 Å². The average molecular weight is 539 g/mol. The predicted molar refractivity (Wildman–Crippen MR) is 143 cm³/mol. The van der Waals surface area contributed by atoms with Gasteiger partial charge in [0.2, 0.25) is 5.91 Å². The molecule has 1 amide bonds. The van der Waals surface area contributed by atoms with Crippen molar-refractivity contribution in [1.82, 2.24) is 0 Å². The summed E-state index contributed by atoms with van der Waals surface area (Å²) in [6, 6.07) is 18.7. The van der Waals surface area contributed by atoms with Gasteiger partial charge < -0.3 is 20.1 Å².